The van der Waals surface area contributed by atoms with Crippen molar-refractivity contribution in [3.63, 3.8) is 0 Å². The van der Waals surface area contributed by atoms with E-state index < -0.39 is 11.7 Å². The van der Waals surface area contributed by atoms with Crippen molar-refractivity contribution in [3.8, 4) is 0 Å². The van der Waals surface area contributed by atoms with Gasteiger partial charge in [-0.2, -0.15) is 5.10 Å². The molecule has 1 aromatic carbocycles. The van der Waals surface area contributed by atoms with Gasteiger partial charge in [0.1, 0.15) is 5.82 Å². The van der Waals surface area contributed by atoms with Crippen LogP contribution in [0.15, 0.2) is 45.3 Å². The van der Waals surface area contributed by atoms with Crippen molar-refractivity contribution in [3.05, 3.63) is 56.4 Å². The monoisotopic (exact) mass is 326 g/mol. The fraction of sp³-hybridized carbons (Fsp3) is 0. The quantitative estimate of drug-likeness (QED) is 0.681. The van der Waals surface area contributed by atoms with Gasteiger partial charge in [0.2, 0.25) is 0 Å². The van der Waals surface area contributed by atoms with E-state index in [2.05, 4.69) is 26.5 Å². The molecule has 0 unspecified atom stereocenters. The van der Waals surface area contributed by atoms with Crippen LogP contribution in [0, 0.1) is 5.82 Å². The molecule has 3 nitrogen and oxygen atoms in total. The third-order valence-electron chi connectivity index (χ3n) is 2.06. The highest BCUT2D eigenvalue weighted by Gasteiger charge is 2.08. The molecule has 1 N–H and O–H groups in total. The summed E-state index contributed by atoms with van der Waals surface area (Å²) in [6, 6.07) is 7.62. The lowest BCUT2D eigenvalue weighted by molar-refractivity contribution is 0.0951. The van der Waals surface area contributed by atoms with Gasteiger partial charge >= 0.3 is 0 Å². The van der Waals surface area contributed by atoms with Gasteiger partial charge in [0.25, 0.3) is 5.91 Å². The van der Waals surface area contributed by atoms with Crippen LogP contribution in [0.25, 0.3) is 0 Å². The number of hydrogen-bond donors (Lipinski definition) is 1. The van der Waals surface area contributed by atoms with Crippen LogP contribution < -0.4 is 5.43 Å². The van der Waals surface area contributed by atoms with Crippen LogP contribution in [-0.2, 0) is 0 Å². The molecule has 1 heterocycles. The second-order valence-corrected chi connectivity index (χ2v) is 5.20. The van der Waals surface area contributed by atoms with Gasteiger partial charge in [-0.3, -0.25) is 4.79 Å². The highest BCUT2D eigenvalue weighted by molar-refractivity contribution is 9.10. The van der Waals surface area contributed by atoms with Crippen LogP contribution in [-0.4, -0.2) is 12.1 Å². The fourth-order valence-corrected chi connectivity index (χ4v) is 2.56. The zero-order valence-electron chi connectivity index (χ0n) is 9.06. The molecule has 0 spiro atoms. The molecule has 2 rings (SSSR count). The maximum absolute atomic E-state index is 13.3. The molecule has 0 saturated heterocycles. The van der Waals surface area contributed by atoms with Crippen LogP contribution in [0.5, 0.6) is 0 Å². The van der Waals surface area contributed by atoms with Crippen molar-refractivity contribution >= 4 is 39.4 Å². The standard InChI is InChI=1S/C12H8BrFN2OS/c13-8-5-9(18-7-8)6-15-16-12(17)10-3-1-2-4-11(10)14/h1-7H,(H,16,17)/b15-6+. The zero-order chi connectivity index (χ0) is 13.0. The summed E-state index contributed by atoms with van der Waals surface area (Å²) in [5.74, 6) is -1.14. The number of hydrogen-bond acceptors (Lipinski definition) is 3. The highest BCUT2D eigenvalue weighted by Crippen LogP contribution is 2.17. The average Bonchev–Trinajstić information content (AvgIpc) is 2.75. The number of hydrazone groups is 1. The summed E-state index contributed by atoms with van der Waals surface area (Å²) in [6.07, 6.45) is 1.51. The van der Waals surface area contributed by atoms with Gasteiger partial charge in [0, 0.05) is 14.7 Å². The minimum absolute atomic E-state index is 0.0259. The number of amides is 1. The molecule has 0 saturated carbocycles. The number of nitrogens with zero attached hydrogens (tertiary/aromatic N) is 1. The van der Waals surface area contributed by atoms with Crippen molar-refractivity contribution < 1.29 is 9.18 Å². The second-order valence-electron chi connectivity index (χ2n) is 3.35. The van der Waals surface area contributed by atoms with E-state index in [1.807, 2.05) is 11.4 Å². The minimum atomic E-state index is -0.569. The molecule has 2 aromatic rings. The number of nitrogens with one attached hydrogen (secondary N) is 1. The molecule has 0 aliphatic rings. The Kier molecular flexibility index (Phi) is 4.22. The maximum Gasteiger partial charge on any atom is 0.274 e. The summed E-state index contributed by atoms with van der Waals surface area (Å²) in [7, 11) is 0. The first-order valence-electron chi connectivity index (χ1n) is 4.99. The summed E-state index contributed by atoms with van der Waals surface area (Å²) in [6.45, 7) is 0. The average molecular weight is 327 g/mol. The summed E-state index contributed by atoms with van der Waals surface area (Å²) in [5, 5.41) is 5.67. The Morgan fingerprint density at radius 1 is 1.44 bits per heavy atom. The van der Waals surface area contributed by atoms with Crippen molar-refractivity contribution in [2.45, 2.75) is 0 Å². The molecule has 0 atom stereocenters. The fourth-order valence-electron chi connectivity index (χ4n) is 1.26. The summed E-state index contributed by atoms with van der Waals surface area (Å²) in [5.41, 5.74) is 2.25. The first kappa shape index (κ1) is 12.9. The summed E-state index contributed by atoms with van der Waals surface area (Å²) < 4.78 is 14.2. The molecule has 0 aliphatic heterocycles. The number of carbonyl (C=O) groups excluding carboxylic acids is 1. The largest absolute Gasteiger partial charge is 0.274 e. The normalized spacial score (nSPS) is 10.8. The Morgan fingerprint density at radius 2 is 2.22 bits per heavy atom. The predicted octanol–water partition coefficient (Wildman–Crippen LogP) is 3.41. The molecule has 0 radical (unpaired) electrons. The van der Waals surface area contributed by atoms with Crippen LogP contribution in [0.1, 0.15) is 15.2 Å². The number of carbonyl (C=O) groups is 1. The smallest absolute Gasteiger partial charge is 0.267 e. The molecule has 0 bridgehead atoms. The van der Waals surface area contributed by atoms with Gasteiger partial charge in [0.15, 0.2) is 0 Å². The molecular weight excluding hydrogens is 319 g/mol. The Balaban J connectivity index is 2.01. The van der Waals surface area contributed by atoms with Gasteiger partial charge in [-0.1, -0.05) is 12.1 Å². The SMILES string of the molecule is O=C(N/N=C/c1cc(Br)cs1)c1ccccc1F. The molecule has 0 aliphatic carbocycles. The Hall–Kier alpha value is -1.53. The van der Waals surface area contributed by atoms with E-state index in [0.717, 1.165) is 9.35 Å². The summed E-state index contributed by atoms with van der Waals surface area (Å²) in [4.78, 5) is 12.5. The van der Waals surface area contributed by atoms with Crippen LogP contribution in [0.3, 0.4) is 0 Å². The number of thiophene rings is 1. The van der Waals surface area contributed by atoms with Gasteiger partial charge in [0.05, 0.1) is 11.8 Å². The maximum atomic E-state index is 13.3. The summed E-state index contributed by atoms with van der Waals surface area (Å²) >= 11 is 4.79. The molecule has 1 amide bonds. The molecule has 6 heteroatoms. The van der Waals surface area contributed by atoms with Crippen LogP contribution in [0.4, 0.5) is 4.39 Å². The van der Waals surface area contributed by atoms with E-state index in [9.17, 15) is 9.18 Å². The molecule has 1 aromatic heterocycles. The third-order valence-corrected chi connectivity index (χ3v) is 3.69. The van der Waals surface area contributed by atoms with Crippen LogP contribution in [0.2, 0.25) is 0 Å². The van der Waals surface area contributed by atoms with Crippen LogP contribution >= 0.6 is 27.3 Å². The Morgan fingerprint density at radius 3 is 2.89 bits per heavy atom. The second kappa shape index (κ2) is 5.88. The van der Waals surface area contributed by atoms with E-state index in [4.69, 9.17) is 0 Å². The van der Waals surface area contributed by atoms with Crippen molar-refractivity contribution in [1.29, 1.82) is 0 Å². The van der Waals surface area contributed by atoms with E-state index in [1.54, 1.807) is 6.07 Å². The Bertz CT molecular complexity index is 597. The number of benzene rings is 1. The number of halogens is 2. The van der Waals surface area contributed by atoms with Crippen molar-refractivity contribution in [2.75, 3.05) is 0 Å². The molecule has 18 heavy (non-hydrogen) atoms. The van der Waals surface area contributed by atoms with Gasteiger partial charge in [-0.05, 0) is 34.1 Å². The van der Waals surface area contributed by atoms with Gasteiger partial charge in [-0.25, -0.2) is 9.82 Å². The lowest BCUT2D eigenvalue weighted by Crippen LogP contribution is -2.18. The van der Waals surface area contributed by atoms with Crippen molar-refractivity contribution in [1.82, 2.24) is 5.43 Å². The zero-order valence-corrected chi connectivity index (χ0v) is 11.5. The van der Waals surface area contributed by atoms with E-state index in [1.165, 1.54) is 35.8 Å². The first-order chi connectivity index (χ1) is 8.66. The minimum Gasteiger partial charge on any atom is -0.267 e. The lowest BCUT2D eigenvalue weighted by Gasteiger charge is -2.00. The molecule has 92 valence electrons. The molecular formula is C12H8BrFN2OS. The van der Waals surface area contributed by atoms with E-state index in [0.29, 0.717) is 0 Å². The van der Waals surface area contributed by atoms with Crippen molar-refractivity contribution in [2.24, 2.45) is 5.10 Å². The topological polar surface area (TPSA) is 41.5 Å². The molecule has 0 fully saturated rings. The third kappa shape index (κ3) is 3.24. The highest BCUT2D eigenvalue weighted by atomic mass is 79.9. The van der Waals surface area contributed by atoms with E-state index >= 15 is 0 Å². The Labute approximate surface area is 115 Å². The predicted molar refractivity (Wildman–Crippen MR) is 73.5 cm³/mol. The van der Waals surface area contributed by atoms with Gasteiger partial charge in [-0.15, -0.1) is 11.3 Å². The van der Waals surface area contributed by atoms with E-state index in [-0.39, 0.29) is 5.56 Å². The first-order valence-corrected chi connectivity index (χ1v) is 6.66. The van der Waals surface area contributed by atoms with Gasteiger partial charge < -0.3 is 0 Å². The number of rotatable bonds is 3. The lowest BCUT2D eigenvalue weighted by atomic mass is 10.2.